The number of hydrogen-bond acceptors (Lipinski definition) is 3. The van der Waals surface area contributed by atoms with E-state index in [1.807, 2.05) is 43.3 Å². The van der Waals surface area contributed by atoms with E-state index < -0.39 is 5.91 Å². The number of furan rings is 1. The molecule has 1 heterocycles. The van der Waals surface area contributed by atoms with Gasteiger partial charge in [0, 0.05) is 17.3 Å². The lowest BCUT2D eigenvalue weighted by molar-refractivity contribution is -0.112. The normalized spacial score (nSPS) is 11.0. The van der Waals surface area contributed by atoms with E-state index in [9.17, 15) is 10.1 Å². The third kappa shape index (κ3) is 4.02. The van der Waals surface area contributed by atoms with Gasteiger partial charge in [-0.1, -0.05) is 41.4 Å². The number of benzene rings is 2. The van der Waals surface area contributed by atoms with Gasteiger partial charge in [0.1, 0.15) is 23.2 Å². The fraction of sp³-hybridized carbons (Fsp3) is 0.0476. The summed E-state index contributed by atoms with van der Waals surface area (Å²) in [5.74, 6) is 0.473. The highest BCUT2D eigenvalue weighted by atomic mass is 35.5. The van der Waals surface area contributed by atoms with Gasteiger partial charge in [-0.05, 0) is 43.3 Å². The molecule has 5 heteroatoms. The summed E-state index contributed by atoms with van der Waals surface area (Å²) in [6.07, 6.45) is 1.41. The Morgan fingerprint density at radius 2 is 1.85 bits per heavy atom. The van der Waals surface area contributed by atoms with Crippen molar-refractivity contribution in [2.24, 2.45) is 0 Å². The number of anilines is 1. The molecule has 2 aromatic carbocycles. The fourth-order valence-corrected chi connectivity index (χ4v) is 2.59. The molecule has 0 fully saturated rings. The van der Waals surface area contributed by atoms with Gasteiger partial charge >= 0.3 is 0 Å². The lowest BCUT2D eigenvalue weighted by Gasteiger charge is -2.04. The van der Waals surface area contributed by atoms with Crippen LogP contribution in [0.15, 0.2) is 70.7 Å². The van der Waals surface area contributed by atoms with Gasteiger partial charge in [0.25, 0.3) is 5.91 Å². The number of hydrogen-bond donors (Lipinski definition) is 1. The van der Waals surface area contributed by atoms with Crippen LogP contribution in [0.4, 0.5) is 5.69 Å². The summed E-state index contributed by atoms with van der Waals surface area (Å²) in [6.45, 7) is 1.96. The molecule has 0 saturated heterocycles. The first-order valence-corrected chi connectivity index (χ1v) is 8.29. The van der Waals surface area contributed by atoms with Crippen LogP contribution in [0.1, 0.15) is 11.3 Å². The second-order valence-corrected chi connectivity index (χ2v) is 6.08. The van der Waals surface area contributed by atoms with E-state index in [0.717, 1.165) is 11.1 Å². The second kappa shape index (κ2) is 7.73. The van der Waals surface area contributed by atoms with Crippen molar-refractivity contribution in [1.29, 1.82) is 5.26 Å². The smallest absolute Gasteiger partial charge is 0.266 e. The molecule has 3 rings (SSSR count). The Balaban J connectivity index is 1.81. The lowest BCUT2D eigenvalue weighted by Crippen LogP contribution is -2.13. The number of nitrogens with one attached hydrogen (secondary N) is 1. The number of rotatable bonds is 4. The van der Waals surface area contributed by atoms with E-state index in [-0.39, 0.29) is 5.57 Å². The predicted octanol–water partition coefficient (Wildman–Crippen LogP) is 5.45. The number of carbonyl (C=O) groups excluding carboxylic acids is 1. The summed E-state index contributed by atoms with van der Waals surface area (Å²) in [6, 6.07) is 20.0. The van der Waals surface area contributed by atoms with E-state index in [0.29, 0.717) is 22.2 Å². The quantitative estimate of drug-likeness (QED) is 0.495. The molecule has 128 valence electrons. The zero-order chi connectivity index (χ0) is 18.5. The zero-order valence-corrected chi connectivity index (χ0v) is 14.7. The number of nitrogens with zero attached hydrogens (tertiary/aromatic N) is 1. The van der Waals surface area contributed by atoms with Crippen LogP contribution in [-0.4, -0.2) is 5.91 Å². The molecule has 0 aliphatic heterocycles. The monoisotopic (exact) mass is 362 g/mol. The molecule has 0 aliphatic carbocycles. The first-order valence-electron chi connectivity index (χ1n) is 7.91. The molecule has 1 amide bonds. The topological polar surface area (TPSA) is 66.0 Å². The molecule has 1 N–H and O–H groups in total. The maximum atomic E-state index is 12.3. The van der Waals surface area contributed by atoms with Gasteiger partial charge in [-0.15, -0.1) is 0 Å². The molecule has 0 radical (unpaired) electrons. The van der Waals surface area contributed by atoms with Crippen LogP contribution >= 0.6 is 11.6 Å². The number of amides is 1. The highest BCUT2D eigenvalue weighted by molar-refractivity contribution is 6.33. The molecular formula is C21H15ClN2O2. The first-order chi connectivity index (χ1) is 12.6. The van der Waals surface area contributed by atoms with Crippen molar-refractivity contribution in [3.63, 3.8) is 0 Å². The van der Waals surface area contributed by atoms with Crippen molar-refractivity contribution < 1.29 is 9.21 Å². The summed E-state index contributed by atoms with van der Waals surface area (Å²) in [7, 11) is 0. The van der Waals surface area contributed by atoms with Crippen molar-refractivity contribution >= 4 is 29.3 Å². The average Bonchev–Trinajstić information content (AvgIpc) is 3.10. The van der Waals surface area contributed by atoms with Crippen molar-refractivity contribution in [2.75, 3.05) is 5.32 Å². The molecule has 4 nitrogen and oxygen atoms in total. The SMILES string of the molecule is Cc1ccc(NC(=O)C(C#N)=Cc2ccc(-c3ccccc3Cl)o2)cc1. The number of carbonyl (C=O) groups is 1. The minimum atomic E-state index is -0.493. The number of halogens is 1. The Bertz CT molecular complexity index is 1010. The van der Waals surface area contributed by atoms with Gasteiger partial charge < -0.3 is 9.73 Å². The highest BCUT2D eigenvalue weighted by Gasteiger charge is 2.12. The third-order valence-electron chi connectivity index (χ3n) is 3.73. The van der Waals surface area contributed by atoms with Gasteiger partial charge in [-0.3, -0.25) is 4.79 Å². The van der Waals surface area contributed by atoms with Crippen molar-refractivity contribution in [1.82, 2.24) is 0 Å². The Kier molecular flexibility index (Phi) is 5.21. The number of nitriles is 1. The van der Waals surface area contributed by atoms with Gasteiger partial charge in [-0.25, -0.2) is 0 Å². The molecule has 3 aromatic rings. The van der Waals surface area contributed by atoms with Crippen molar-refractivity contribution in [2.45, 2.75) is 6.92 Å². The average molecular weight is 363 g/mol. The molecule has 0 aliphatic rings. The maximum absolute atomic E-state index is 12.3. The van der Waals surface area contributed by atoms with Gasteiger partial charge in [0.05, 0.1) is 5.02 Å². The molecule has 0 atom stereocenters. The fourth-order valence-electron chi connectivity index (χ4n) is 2.36. The number of aryl methyl sites for hydroxylation is 1. The van der Waals surface area contributed by atoms with Crippen LogP contribution < -0.4 is 5.32 Å². The molecule has 0 bridgehead atoms. The van der Waals surface area contributed by atoms with E-state index in [1.165, 1.54) is 6.08 Å². The van der Waals surface area contributed by atoms with Crippen LogP contribution in [0.5, 0.6) is 0 Å². The summed E-state index contributed by atoms with van der Waals surface area (Å²) in [4.78, 5) is 12.3. The van der Waals surface area contributed by atoms with Crippen LogP contribution in [0, 0.1) is 18.3 Å². The van der Waals surface area contributed by atoms with Crippen LogP contribution in [-0.2, 0) is 4.79 Å². The standard InChI is InChI=1S/C21H15ClN2O2/c1-14-6-8-16(9-7-14)24-21(25)15(13-23)12-17-10-11-20(26-17)18-4-2-3-5-19(18)22/h2-12H,1H3,(H,24,25). The zero-order valence-electron chi connectivity index (χ0n) is 14.0. The molecule has 26 heavy (non-hydrogen) atoms. The molecule has 1 aromatic heterocycles. The van der Waals surface area contributed by atoms with Crippen LogP contribution in [0.3, 0.4) is 0 Å². The Hall–Kier alpha value is -3.29. The largest absolute Gasteiger partial charge is 0.457 e. The first kappa shape index (κ1) is 17.5. The minimum Gasteiger partial charge on any atom is -0.457 e. The maximum Gasteiger partial charge on any atom is 0.266 e. The van der Waals surface area contributed by atoms with Crippen LogP contribution in [0.25, 0.3) is 17.4 Å². The Labute approximate surface area is 156 Å². The predicted molar refractivity (Wildman–Crippen MR) is 103 cm³/mol. The van der Waals surface area contributed by atoms with E-state index in [4.69, 9.17) is 16.0 Å². The Morgan fingerprint density at radius 1 is 1.12 bits per heavy atom. The third-order valence-corrected chi connectivity index (χ3v) is 4.06. The molecule has 0 spiro atoms. The minimum absolute atomic E-state index is 0.0503. The van der Waals surface area contributed by atoms with Gasteiger partial charge in [-0.2, -0.15) is 5.26 Å². The van der Waals surface area contributed by atoms with Crippen LogP contribution in [0.2, 0.25) is 5.02 Å². The lowest BCUT2D eigenvalue weighted by atomic mass is 10.2. The summed E-state index contributed by atoms with van der Waals surface area (Å²) >= 11 is 6.16. The summed E-state index contributed by atoms with van der Waals surface area (Å²) in [5.41, 5.74) is 2.40. The summed E-state index contributed by atoms with van der Waals surface area (Å²) < 4.78 is 5.71. The van der Waals surface area contributed by atoms with E-state index in [1.54, 1.807) is 30.3 Å². The Morgan fingerprint density at radius 3 is 2.54 bits per heavy atom. The highest BCUT2D eigenvalue weighted by Crippen LogP contribution is 2.29. The second-order valence-electron chi connectivity index (χ2n) is 5.67. The van der Waals surface area contributed by atoms with Gasteiger partial charge in [0.2, 0.25) is 0 Å². The van der Waals surface area contributed by atoms with Crippen molar-refractivity contribution in [3.05, 3.63) is 82.6 Å². The molecule has 0 saturated carbocycles. The van der Waals surface area contributed by atoms with E-state index >= 15 is 0 Å². The van der Waals surface area contributed by atoms with E-state index in [2.05, 4.69) is 5.32 Å². The molecule has 0 unspecified atom stereocenters. The van der Waals surface area contributed by atoms with Gasteiger partial charge in [0.15, 0.2) is 0 Å². The summed E-state index contributed by atoms with van der Waals surface area (Å²) in [5, 5.41) is 12.6. The molecular weight excluding hydrogens is 348 g/mol. The van der Waals surface area contributed by atoms with Crippen molar-refractivity contribution in [3.8, 4) is 17.4 Å².